The summed E-state index contributed by atoms with van der Waals surface area (Å²) in [5.74, 6) is 0.604. The molecule has 0 fully saturated rings. The van der Waals surface area contributed by atoms with E-state index in [-0.39, 0.29) is 0 Å². The van der Waals surface area contributed by atoms with Crippen LogP contribution in [-0.2, 0) is 6.54 Å². The standard InChI is InChI=1S/C10H12BrCl2NO/c1-14(6-11)5-7-3-4-8(15-2)10(13)9(7)12/h3-4H,5-6H2,1-2H3. The first-order chi connectivity index (χ1) is 7.10. The lowest BCUT2D eigenvalue weighted by Gasteiger charge is -2.15. The van der Waals surface area contributed by atoms with Gasteiger partial charge in [0.2, 0.25) is 0 Å². The number of alkyl halides is 1. The van der Waals surface area contributed by atoms with Crippen molar-refractivity contribution in [3.05, 3.63) is 27.7 Å². The molecule has 0 aliphatic heterocycles. The van der Waals surface area contributed by atoms with Gasteiger partial charge in [0.1, 0.15) is 10.8 Å². The van der Waals surface area contributed by atoms with Gasteiger partial charge in [0.05, 0.1) is 17.6 Å². The van der Waals surface area contributed by atoms with Gasteiger partial charge < -0.3 is 4.74 Å². The highest BCUT2D eigenvalue weighted by Crippen LogP contribution is 2.34. The van der Waals surface area contributed by atoms with Gasteiger partial charge in [-0.2, -0.15) is 0 Å². The van der Waals surface area contributed by atoms with Crippen molar-refractivity contribution in [2.24, 2.45) is 0 Å². The molecule has 0 radical (unpaired) electrons. The molecule has 0 saturated heterocycles. The molecular formula is C10H12BrCl2NO. The Morgan fingerprint density at radius 2 is 2.00 bits per heavy atom. The summed E-state index contributed by atoms with van der Waals surface area (Å²) < 4.78 is 5.07. The van der Waals surface area contributed by atoms with Crippen molar-refractivity contribution >= 4 is 39.1 Å². The van der Waals surface area contributed by atoms with Gasteiger partial charge in [-0.05, 0) is 18.7 Å². The van der Waals surface area contributed by atoms with Crippen LogP contribution in [0, 0.1) is 0 Å². The lowest BCUT2D eigenvalue weighted by molar-refractivity contribution is 0.388. The van der Waals surface area contributed by atoms with Crippen LogP contribution in [0.2, 0.25) is 10.0 Å². The van der Waals surface area contributed by atoms with Crippen LogP contribution in [0.5, 0.6) is 5.75 Å². The molecule has 0 aromatic heterocycles. The topological polar surface area (TPSA) is 12.5 Å². The molecule has 0 aliphatic carbocycles. The van der Waals surface area contributed by atoms with Gasteiger partial charge in [0, 0.05) is 6.54 Å². The van der Waals surface area contributed by atoms with Gasteiger partial charge in [0.25, 0.3) is 0 Å². The fourth-order valence-electron chi connectivity index (χ4n) is 1.18. The van der Waals surface area contributed by atoms with Gasteiger partial charge in [-0.25, -0.2) is 0 Å². The maximum Gasteiger partial charge on any atom is 0.138 e. The first-order valence-corrected chi connectivity index (χ1v) is 6.23. The third kappa shape index (κ3) is 3.25. The molecule has 15 heavy (non-hydrogen) atoms. The van der Waals surface area contributed by atoms with Crippen molar-refractivity contribution in [2.45, 2.75) is 6.54 Å². The normalized spacial score (nSPS) is 10.8. The number of ether oxygens (including phenoxy) is 1. The summed E-state index contributed by atoms with van der Waals surface area (Å²) in [6, 6.07) is 3.75. The Hall–Kier alpha value is 0.0400. The van der Waals surface area contributed by atoms with Crippen molar-refractivity contribution in [2.75, 3.05) is 19.6 Å². The monoisotopic (exact) mass is 311 g/mol. The Morgan fingerprint density at radius 3 is 2.53 bits per heavy atom. The molecule has 0 bridgehead atoms. The minimum absolute atomic E-state index is 0.472. The van der Waals surface area contributed by atoms with Crippen molar-refractivity contribution in [1.82, 2.24) is 4.90 Å². The summed E-state index contributed by atoms with van der Waals surface area (Å²) in [4.78, 5) is 2.07. The molecule has 84 valence electrons. The van der Waals surface area contributed by atoms with E-state index in [2.05, 4.69) is 20.8 Å². The second-order valence-corrected chi connectivity index (χ2v) is 4.45. The van der Waals surface area contributed by atoms with Crippen LogP contribution in [-0.4, -0.2) is 24.5 Å². The minimum Gasteiger partial charge on any atom is -0.495 e. The van der Waals surface area contributed by atoms with Gasteiger partial charge in [-0.1, -0.05) is 45.2 Å². The van der Waals surface area contributed by atoms with E-state index < -0.39 is 0 Å². The van der Waals surface area contributed by atoms with Crippen molar-refractivity contribution in [1.29, 1.82) is 0 Å². The third-order valence-corrected chi connectivity index (χ3v) is 3.75. The van der Waals surface area contributed by atoms with Crippen LogP contribution in [0.3, 0.4) is 0 Å². The summed E-state index contributed by atoms with van der Waals surface area (Å²) in [6.07, 6.45) is 0. The first kappa shape index (κ1) is 13.1. The average Bonchev–Trinajstić information content (AvgIpc) is 2.25. The summed E-state index contributed by atoms with van der Waals surface area (Å²) in [6.45, 7) is 0.744. The maximum atomic E-state index is 6.12. The van der Waals surface area contributed by atoms with E-state index in [1.807, 2.05) is 19.2 Å². The van der Waals surface area contributed by atoms with Crippen LogP contribution in [0.15, 0.2) is 12.1 Å². The molecule has 0 amide bonds. The van der Waals surface area contributed by atoms with Gasteiger partial charge in [0.15, 0.2) is 0 Å². The molecule has 1 rings (SSSR count). The predicted molar refractivity (Wildman–Crippen MR) is 68.3 cm³/mol. The second kappa shape index (κ2) is 5.94. The summed E-state index contributed by atoms with van der Waals surface area (Å²) in [5, 5.41) is 1.03. The Labute approximate surface area is 108 Å². The molecule has 0 N–H and O–H groups in total. The van der Waals surface area contributed by atoms with Crippen LogP contribution in [0.4, 0.5) is 0 Å². The highest BCUT2D eigenvalue weighted by Gasteiger charge is 2.11. The summed E-state index contributed by atoms with van der Waals surface area (Å²) in [7, 11) is 3.56. The van der Waals surface area contributed by atoms with E-state index in [0.29, 0.717) is 15.8 Å². The smallest absolute Gasteiger partial charge is 0.138 e. The zero-order chi connectivity index (χ0) is 11.4. The number of rotatable bonds is 4. The Balaban J connectivity index is 2.96. The molecule has 0 atom stereocenters. The maximum absolute atomic E-state index is 6.12. The van der Waals surface area contributed by atoms with Crippen LogP contribution < -0.4 is 4.74 Å². The van der Waals surface area contributed by atoms with Crippen LogP contribution in [0.1, 0.15) is 5.56 Å². The minimum atomic E-state index is 0.472. The number of halogens is 3. The van der Waals surface area contributed by atoms with Crippen molar-refractivity contribution in [3.8, 4) is 5.75 Å². The quantitative estimate of drug-likeness (QED) is 0.619. The van der Waals surface area contributed by atoms with Crippen LogP contribution in [0.25, 0.3) is 0 Å². The zero-order valence-corrected chi connectivity index (χ0v) is 11.7. The third-order valence-electron chi connectivity index (χ3n) is 1.99. The fraction of sp³-hybridized carbons (Fsp3) is 0.400. The van der Waals surface area contributed by atoms with Gasteiger partial charge >= 0.3 is 0 Å². The molecule has 1 aromatic carbocycles. The van der Waals surface area contributed by atoms with Crippen molar-refractivity contribution in [3.63, 3.8) is 0 Å². The average molecular weight is 313 g/mol. The number of hydrogen-bond donors (Lipinski definition) is 0. The van der Waals surface area contributed by atoms with Gasteiger partial charge in [-0.3, -0.25) is 4.90 Å². The second-order valence-electron chi connectivity index (χ2n) is 3.19. The molecule has 5 heteroatoms. The SMILES string of the molecule is COc1ccc(CN(C)CBr)c(Cl)c1Cl. The Bertz CT molecular complexity index is 346. The Kier molecular flexibility index (Phi) is 5.19. The number of benzene rings is 1. The van der Waals surface area contributed by atoms with E-state index in [0.717, 1.165) is 17.6 Å². The number of nitrogens with zero attached hydrogens (tertiary/aromatic N) is 1. The number of methoxy groups -OCH3 is 1. The molecule has 2 nitrogen and oxygen atoms in total. The first-order valence-electron chi connectivity index (χ1n) is 4.35. The molecule has 0 spiro atoms. The van der Waals surface area contributed by atoms with E-state index >= 15 is 0 Å². The highest BCUT2D eigenvalue weighted by atomic mass is 79.9. The largest absolute Gasteiger partial charge is 0.495 e. The van der Waals surface area contributed by atoms with E-state index in [9.17, 15) is 0 Å². The van der Waals surface area contributed by atoms with Crippen LogP contribution >= 0.6 is 39.1 Å². The zero-order valence-electron chi connectivity index (χ0n) is 8.56. The Morgan fingerprint density at radius 1 is 1.33 bits per heavy atom. The molecular weight excluding hydrogens is 301 g/mol. The highest BCUT2D eigenvalue weighted by molar-refractivity contribution is 9.09. The molecule has 0 aliphatic rings. The number of hydrogen-bond acceptors (Lipinski definition) is 2. The molecule has 0 heterocycles. The van der Waals surface area contributed by atoms with Gasteiger partial charge in [-0.15, -0.1) is 0 Å². The predicted octanol–water partition coefficient (Wildman–Crippen LogP) is 3.79. The molecule has 0 unspecified atom stereocenters. The molecule has 0 saturated carbocycles. The van der Waals surface area contributed by atoms with E-state index in [1.54, 1.807) is 7.11 Å². The van der Waals surface area contributed by atoms with E-state index in [1.165, 1.54) is 0 Å². The lowest BCUT2D eigenvalue weighted by atomic mass is 10.2. The fourth-order valence-corrected chi connectivity index (χ4v) is 1.84. The summed E-state index contributed by atoms with van der Waals surface area (Å²) in [5.41, 5.74) is 1.77. The lowest BCUT2D eigenvalue weighted by Crippen LogP contribution is -2.15. The van der Waals surface area contributed by atoms with E-state index in [4.69, 9.17) is 27.9 Å². The molecule has 1 aromatic rings. The summed E-state index contributed by atoms with van der Waals surface area (Å²) >= 11 is 15.5. The van der Waals surface area contributed by atoms with Crippen molar-refractivity contribution < 1.29 is 4.74 Å².